The number of nitrogens with two attached hydrogens (primary N) is 1. The van der Waals surface area contributed by atoms with Gasteiger partial charge in [0.1, 0.15) is 23.0 Å². The lowest BCUT2D eigenvalue weighted by molar-refractivity contribution is -0.141. The molecule has 0 fully saturated rings. The van der Waals surface area contributed by atoms with E-state index in [9.17, 15) is 17.6 Å². The molecule has 3 nitrogen and oxygen atoms in total. The van der Waals surface area contributed by atoms with Crippen molar-refractivity contribution in [3.8, 4) is 5.75 Å². The van der Waals surface area contributed by atoms with Crippen LogP contribution in [0.5, 0.6) is 5.75 Å². The van der Waals surface area contributed by atoms with E-state index in [-0.39, 0.29) is 0 Å². The Balaban J connectivity index is 3.51. The Kier molecular flexibility index (Phi) is 2.57. The van der Waals surface area contributed by atoms with Crippen LogP contribution in [0.25, 0.3) is 0 Å². The van der Waals surface area contributed by atoms with Crippen LogP contribution in [-0.4, -0.2) is 10.9 Å². The van der Waals surface area contributed by atoms with Gasteiger partial charge in [-0.3, -0.25) is 5.41 Å². The Morgan fingerprint density at radius 3 is 2.27 bits per heavy atom. The molecule has 1 rings (SSSR count). The number of aromatic hydroxyl groups is 1. The van der Waals surface area contributed by atoms with E-state index in [0.29, 0.717) is 6.07 Å². The van der Waals surface area contributed by atoms with E-state index in [1.54, 1.807) is 0 Å². The van der Waals surface area contributed by atoms with Crippen LogP contribution in [0.4, 0.5) is 17.6 Å². The van der Waals surface area contributed by atoms with Gasteiger partial charge in [-0.25, -0.2) is 4.39 Å². The third-order valence-corrected chi connectivity index (χ3v) is 1.70. The van der Waals surface area contributed by atoms with Gasteiger partial charge in [0.05, 0.1) is 5.56 Å². The van der Waals surface area contributed by atoms with Gasteiger partial charge in [-0.05, 0) is 12.1 Å². The van der Waals surface area contributed by atoms with Gasteiger partial charge in [0.2, 0.25) is 0 Å². The summed E-state index contributed by atoms with van der Waals surface area (Å²) >= 11 is 0. The van der Waals surface area contributed by atoms with E-state index in [1.165, 1.54) is 0 Å². The maximum Gasteiger partial charge on any atom is 0.422 e. The van der Waals surface area contributed by atoms with E-state index in [1.807, 2.05) is 0 Å². The normalized spacial score (nSPS) is 11.5. The first-order valence-corrected chi connectivity index (χ1v) is 3.68. The quantitative estimate of drug-likeness (QED) is 0.385. The average Bonchev–Trinajstić information content (AvgIpc) is 2.00. The molecular weight excluding hydrogens is 216 g/mol. The average molecular weight is 222 g/mol. The summed E-state index contributed by atoms with van der Waals surface area (Å²) in [6.45, 7) is 0. The first-order valence-electron chi connectivity index (χ1n) is 3.68. The molecule has 0 unspecified atom stereocenters. The first-order chi connectivity index (χ1) is 6.75. The van der Waals surface area contributed by atoms with Gasteiger partial charge in [0, 0.05) is 0 Å². The fourth-order valence-electron chi connectivity index (χ4n) is 1.05. The van der Waals surface area contributed by atoms with Crippen LogP contribution in [-0.2, 0) is 6.18 Å². The second-order valence-electron chi connectivity index (χ2n) is 2.73. The van der Waals surface area contributed by atoms with Crippen LogP contribution in [0.3, 0.4) is 0 Å². The molecular formula is C8H6F4N2O. The van der Waals surface area contributed by atoms with E-state index >= 15 is 0 Å². The summed E-state index contributed by atoms with van der Waals surface area (Å²) in [5.74, 6) is -3.74. The lowest BCUT2D eigenvalue weighted by Crippen LogP contribution is -2.15. The second-order valence-corrected chi connectivity index (χ2v) is 2.73. The van der Waals surface area contributed by atoms with Gasteiger partial charge in [-0.1, -0.05) is 0 Å². The molecule has 0 aliphatic heterocycles. The van der Waals surface area contributed by atoms with Gasteiger partial charge >= 0.3 is 6.18 Å². The fraction of sp³-hybridized carbons (Fsp3) is 0.125. The van der Waals surface area contributed by atoms with Crippen LogP contribution >= 0.6 is 0 Å². The predicted molar refractivity (Wildman–Crippen MR) is 44.1 cm³/mol. The third kappa shape index (κ3) is 2.00. The highest BCUT2D eigenvalue weighted by atomic mass is 19.4. The molecule has 0 radical (unpaired) electrons. The number of alkyl halides is 3. The molecule has 15 heavy (non-hydrogen) atoms. The fourth-order valence-corrected chi connectivity index (χ4v) is 1.05. The first kappa shape index (κ1) is 11.3. The molecule has 0 aromatic heterocycles. The smallest absolute Gasteiger partial charge is 0.422 e. The van der Waals surface area contributed by atoms with Crippen molar-refractivity contribution in [1.29, 1.82) is 5.41 Å². The maximum absolute atomic E-state index is 12.8. The number of halogens is 4. The summed E-state index contributed by atoms with van der Waals surface area (Å²) in [6.07, 6.45) is -5.03. The van der Waals surface area contributed by atoms with E-state index in [0.717, 1.165) is 6.07 Å². The van der Waals surface area contributed by atoms with Crippen molar-refractivity contribution >= 4 is 5.84 Å². The zero-order valence-corrected chi connectivity index (χ0v) is 7.19. The molecule has 0 atom stereocenters. The van der Waals surface area contributed by atoms with Crippen molar-refractivity contribution in [2.75, 3.05) is 0 Å². The number of benzene rings is 1. The minimum absolute atomic E-state index is 0.499. The summed E-state index contributed by atoms with van der Waals surface area (Å²) in [7, 11) is 0. The lowest BCUT2D eigenvalue weighted by atomic mass is 10.1. The molecule has 0 aliphatic rings. The van der Waals surface area contributed by atoms with Gasteiger partial charge in [-0.15, -0.1) is 0 Å². The van der Waals surface area contributed by atoms with Gasteiger partial charge in [0.15, 0.2) is 0 Å². The zero-order valence-electron chi connectivity index (χ0n) is 7.19. The number of phenolic OH excluding ortho intramolecular Hbond substituents is 1. The molecule has 0 saturated heterocycles. The van der Waals surface area contributed by atoms with Gasteiger partial charge in [-0.2, -0.15) is 13.2 Å². The van der Waals surface area contributed by atoms with Crippen molar-refractivity contribution in [1.82, 2.24) is 0 Å². The van der Waals surface area contributed by atoms with Crippen LogP contribution in [0.1, 0.15) is 11.1 Å². The molecule has 0 aliphatic carbocycles. The van der Waals surface area contributed by atoms with E-state index < -0.39 is 34.7 Å². The Morgan fingerprint density at radius 1 is 1.33 bits per heavy atom. The molecule has 82 valence electrons. The van der Waals surface area contributed by atoms with E-state index in [2.05, 4.69) is 0 Å². The Hall–Kier alpha value is -1.79. The van der Waals surface area contributed by atoms with Crippen molar-refractivity contribution < 1.29 is 22.7 Å². The van der Waals surface area contributed by atoms with Gasteiger partial charge in [0.25, 0.3) is 0 Å². The molecule has 0 bridgehead atoms. The molecule has 7 heteroatoms. The summed E-state index contributed by atoms with van der Waals surface area (Å²) in [6, 6.07) is 1.31. The highest BCUT2D eigenvalue weighted by Crippen LogP contribution is 2.39. The highest BCUT2D eigenvalue weighted by Gasteiger charge is 2.38. The number of phenols is 1. The SMILES string of the molecule is N=C(N)c1ccc(F)c(C(F)(F)F)c1O. The minimum atomic E-state index is -5.03. The van der Waals surface area contributed by atoms with Crippen molar-refractivity contribution in [2.45, 2.75) is 6.18 Å². The largest absolute Gasteiger partial charge is 0.506 e. The lowest BCUT2D eigenvalue weighted by Gasteiger charge is -2.12. The molecule has 1 aromatic rings. The van der Waals surface area contributed by atoms with Crippen LogP contribution in [0, 0.1) is 11.2 Å². The molecule has 0 heterocycles. The number of amidine groups is 1. The summed E-state index contributed by atoms with van der Waals surface area (Å²) in [4.78, 5) is 0. The van der Waals surface area contributed by atoms with Crippen LogP contribution in [0.15, 0.2) is 12.1 Å². The van der Waals surface area contributed by atoms with Crippen molar-refractivity contribution in [3.63, 3.8) is 0 Å². The molecule has 0 saturated carbocycles. The number of nitrogen functional groups attached to an aromatic ring is 1. The topological polar surface area (TPSA) is 70.1 Å². The van der Waals surface area contributed by atoms with Crippen LogP contribution < -0.4 is 5.73 Å². The van der Waals surface area contributed by atoms with Crippen LogP contribution in [0.2, 0.25) is 0 Å². The molecule has 4 N–H and O–H groups in total. The molecule has 0 amide bonds. The second kappa shape index (κ2) is 3.41. The monoisotopic (exact) mass is 222 g/mol. The summed E-state index contributed by atoms with van der Waals surface area (Å²) < 4.78 is 49.5. The summed E-state index contributed by atoms with van der Waals surface area (Å²) in [5, 5.41) is 16.0. The Bertz CT molecular complexity index is 414. The Morgan fingerprint density at radius 2 is 1.87 bits per heavy atom. The number of hydrogen-bond donors (Lipinski definition) is 3. The molecule has 0 spiro atoms. The van der Waals surface area contributed by atoms with Crippen molar-refractivity contribution in [2.24, 2.45) is 5.73 Å². The molecule has 1 aromatic carbocycles. The predicted octanol–water partition coefficient (Wildman–Crippen LogP) is 1.83. The highest BCUT2D eigenvalue weighted by molar-refractivity contribution is 5.97. The Labute approximate surface area is 81.6 Å². The number of rotatable bonds is 1. The van der Waals surface area contributed by atoms with Gasteiger partial charge < -0.3 is 10.8 Å². The number of nitrogens with one attached hydrogen (secondary N) is 1. The third-order valence-electron chi connectivity index (χ3n) is 1.70. The summed E-state index contributed by atoms with van der Waals surface area (Å²) in [5.41, 5.74) is 2.55. The maximum atomic E-state index is 12.8. The number of hydrogen-bond acceptors (Lipinski definition) is 2. The minimum Gasteiger partial charge on any atom is -0.506 e. The zero-order chi connectivity index (χ0) is 11.8. The van der Waals surface area contributed by atoms with Crippen molar-refractivity contribution in [3.05, 3.63) is 29.1 Å². The standard InChI is InChI=1S/C8H6F4N2O/c9-4-2-1-3(7(13)14)6(15)5(4)8(10,11)12/h1-2,15H,(H3,13,14). The van der Waals surface area contributed by atoms with E-state index in [4.69, 9.17) is 16.2 Å².